The fourth-order valence-corrected chi connectivity index (χ4v) is 2.50. The van der Waals surface area contributed by atoms with Crippen molar-refractivity contribution < 1.29 is 18.3 Å². The first kappa shape index (κ1) is 15.0. The molecule has 0 aromatic heterocycles. The van der Waals surface area contributed by atoms with Crippen molar-refractivity contribution in [2.45, 2.75) is 51.4 Å². The lowest BCUT2D eigenvalue weighted by atomic mass is 9.90. The number of rotatable bonds is 5. The zero-order valence-electron chi connectivity index (χ0n) is 11.9. The highest BCUT2D eigenvalue weighted by Gasteiger charge is 2.31. The zero-order chi connectivity index (χ0) is 14.6. The Morgan fingerprint density at radius 3 is 2.90 bits per heavy atom. The molecule has 5 heteroatoms. The summed E-state index contributed by atoms with van der Waals surface area (Å²) in [7, 11) is 0. The van der Waals surface area contributed by atoms with Gasteiger partial charge in [-0.2, -0.15) is 8.78 Å². The number of nitrogens with one attached hydrogen (secondary N) is 1. The van der Waals surface area contributed by atoms with E-state index in [9.17, 15) is 8.78 Å². The molecule has 2 atom stereocenters. The smallest absolute Gasteiger partial charge is 0.387 e. The van der Waals surface area contributed by atoms with E-state index in [0.717, 1.165) is 19.3 Å². The number of para-hydroxylation sites is 2. The number of benzene rings is 1. The highest BCUT2D eigenvalue weighted by atomic mass is 19.3. The van der Waals surface area contributed by atoms with Crippen molar-refractivity contribution in [3.05, 3.63) is 24.3 Å². The molecule has 0 radical (unpaired) electrons. The van der Waals surface area contributed by atoms with Crippen molar-refractivity contribution in [3.8, 4) is 5.75 Å². The van der Waals surface area contributed by atoms with Gasteiger partial charge in [-0.1, -0.05) is 19.1 Å². The highest BCUT2D eigenvalue weighted by molar-refractivity contribution is 5.56. The van der Waals surface area contributed by atoms with Gasteiger partial charge in [0.15, 0.2) is 0 Å². The summed E-state index contributed by atoms with van der Waals surface area (Å²) in [6, 6.07) is 7.00. The quantitative estimate of drug-likeness (QED) is 0.885. The molecule has 2 unspecified atom stereocenters. The standard InChI is InChI=1S/C15H21F2NO2/c1-3-15(2)10-11(8-9-19-15)18-12-6-4-5-7-13(12)20-14(16)17/h4-7,11,14,18H,3,8-10H2,1-2H3. The molecule has 0 spiro atoms. The third-order valence-electron chi connectivity index (χ3n) is 3.81. The second-order valence-corrected chi connectivity index (χ2v) is 5.36. The fraction of sp³-hybridized carbons (Fsp3) is 0.600. The number of hydrogen-bond donors (Lipinski definition) is 1. The van der Waals surface area contributed by atoms with Gasteiger partial charge in [0.1, 0.15) is 5.75 Å². The molecule has 1 aromatic rings. The molecule has 112 valence electrons. The van der Waals surface area contributed by atoms with Crippen molar-refractivity contribution in [3.63, 3.8) is 0 Å². The van der Waals surface area contributed by atoms with Gasteiger partial charge in [0, 0.05) is 12.6 Å². The van der Waals surface area contributed by atoms with Gasteiger partial charge in [0.2, 0.25) is 0 Å². The van der Waals surface area contributed by atoms with Crippen LogP contribution in [0.25, 0.3) is 0 Å². The summed E-state index contributed by atoms with van der Waals surface area (Å²) >= 11 is 0. The summed E-state index contributed by atoms with van der Waals surface area (Å²) in [6.45, 7) is 2.05. The van der Waals surface area contributed by atoms with Crippen LogP contribution in [0.4, 0.5) is 14.5 Å². The molecule has 0 saturated carbocycles. The molecule has 1 aromatic carbocycles. The average Bonchev–Trinajstić information content (AvgIpc) is 2.41. The van der Waals surface area contributed by atoms with Gasteiger partial charge in [-0.25, -0.2) is 0 Å². The maximum atomic E-state index is 12.4. The molecule has 1 fully saturated rings. The molecule has 0 aliphatic carbocycles. The number of anilines is 1. The second kappa shape index (κ2) is 6.39. The number of halogens is 2. The predicted octanol–water partition coefficient (Wildman–Crippen LogP) is 4.05. The van der Waals surface area contributed by atoms with E-state index in [1.54, 1.807) is 24.3 Å². The first-order valence-corrected chi connectivity index (χ1v) is 6.97. The Bertz CT molecular complexity index is 442. The molecule has 2 rings (SSSR count). The van der Waals surface area contributed by atoms with Gasteiger partial charge < -0.3 is 14.8 Å². The number of alkyl halides is 2. The van der Waals surface area contributed by atoms with Crippen LogP contribution < -0.4 is 10.1 Å². The second-order valence-electron chi connectivity index (χ2n) is 5.36. The normalized spacial score (nSPS) is 26.6. The van der Waals surface area contributed by atoms with Crippen LogP contribution >= 0.6 is 0 Å². The highest BCUT2D eigenvalue weighted by Crippen LogP contribution is 2.32. The lowest BCUT2D eigenvalue weighted by molar-refractivity contribution is -0.0711. The van der Waals surface area contributed by atoms with Gasteiger partial charge in [-0.3, -0.25) is 0 Å². The first-order chi connectivity index (χ1) is 9.52. The van der Waals surface area contributed by atoms with Crippen molar-refractivity contribution in [1.82, 2.24) is 0 Å². The first-order valence-electron chi connectivity index (χ1n) is 6.97. The van der Waals surface area contributed by atoms with Crippen LogP contribution in [0.2, 0.25) is 0 Å². The molecular weight excluding hydrogens is 264 g/mol. The third-order valence-corrected chi connectivity index (χ3v) is 3.81. The van der Waals surface area contributed by atoms with Gasteiger partial charge >= 0.3 is 6.61 Å². The molecule has 1 aliphatic heterocycles. The van der Waals surface area contributed by atoms with Crippen molar-refractivity contribution in [2.24, 2.45) is 0 Å². The Labute approximate surface area is 118 Å². The van der Waals surface area contributed by atoms with Crippen LogP contribution in [0.1, 0.15) is 33.1 Å². The number of ether oxygens (including phenoxy) is 2. The van der Waals surface area contributed by atoms with Crippen LogP contribution in [-0.4, -0.2) is 24.9 Å². The van der Waals surface area contributed by atoms with Crippen LogP contribution in [-0.2, 0) is 4.74 Å². The van der Waals surface area contributed by atoms with Gasteiger partial charge in [0.25, 0.3) is 0 Å². The Morgan fingerprint density at radius 2 is 2.20 bits per heavy atom. The lowest BCUT2D eigenvalue weighted by Crippen LogP contribution is -2.41. The molecule has 1 heterocycles. The van der Waals surface area contributed by atoms with E-state index in [1.165, 1.54) is 0 Å². The Morgan fingerprint density at radius 1 is 1.45 bits per heavy atom. The van der Waals surface area contributed by atoms with Crippen molar-refractivity contribution >= 4 is 5.69 Å². The summed E-state index contributed by atoms with van der Waals surface area (Å²) in [5, 5.41) is 3.31. The summed E-state index contributed by atoms with van der Waals surface area (Å²) in [5.41, 5.74) is 0.465. The summed E-state index contributed by atoms with van der Waals surface area (Å²) in [5.74, 6) is 0.187. The van der Waals surface area contributed by atoms with Crippen molar-refractivity contribution in [1.29, 1.82) is 0 Å². The fourth-order valence-electron chi connectivity index (χ4n) is 2.50. The molecular formula is C15H21F2NO2. The minimum atomic E-state index is -2.81. The Hall–Kier alpha value is -1.36. The summed E-state index contributed by atoms with van der Waals surface area (Å²) in [4.78, 5) is 0. The van der Waals surface area contributed by atoms with E-state index >= 15 is 0 Å². The molecule has 0 amide bonds. The van der Waals surface area contributed by atoms with Crippen LogP contribution in [0.15, 0.2) is 24.3 Å². The SMILES string of the molecule is CCC1(C)CC(Nc2ccccc2OC(F)F)CCO1. The molecule has 1 aliphatic rings. The minimum absolute atomic E-state index is 0.144. The topological polar surface area (TPSA) is 30.5 Å². The maximum Gasteiger partial charge on any atom is 0.387 e. The largest absolute Gasteiger partial charge is 0.433 e. The van der Waals surface area contributed by atoms with Gasteiger partial charge in [0.05, 0.1) is 11.3 Å². The Kier molecular flexibility index (Phi) is 4.81. The van der Waals surface area contributed by atoms with E-state index in [0.29, 0.717) is 12.3 Å². The molecule has 0 bridgehead atoms. The molecule has 1 saturated heterocycles. The van der Waals surface area contributed by atoms with E-state index < -0.39 is 6.61 Å². The van der Waals surface area contributed by atoms with Crippen LogP contribution in [0.3, 0.4) is 0 Å². The molecule has 1 N–H and O–H groups in total. The van der Waals surface area contributed by atoms with E-state index in [4.69, 9.17) is 4.74 Å². The summed E-state index contributed by atoms with van der Waals surface area (Å²) in [6.07, 6.45) is 2.64. The Balaban J connectivity index is 2.06. The van der Waals surface area contributed by atoms with Gasteiger partial charge in [-0.05, 0) is 38.3 Å². The van der Waals surface area contributed by atoms with E-state index in [2.05, 4.69) is 23.9 Å². The van der Waals surface area contributed by atoms with E-state index in [1.807, 2.05) is 0 Å². The maximum absolute atomic E-state index is 12.4. The van der Waals surface area contributed by atoms with E-state index in [-0.39, 0.29) is 17.4 Å². The molecule has 3 nitrogen and oxygen atoms in total. The third kappa shape index (κ3) is 3.82. The lowest BCUT2D eigenvalue weighted by Gasteiger charge is -2.38. The average molecular weight is 285 g/mol. The number of hydrogen-bond acceptors (Lipinski definition) is 3. The zero-order valence-corrected chi connectivity index (χ0v) is 11.9. The van der Waals surface area contributed by atoms with Crippen molar-refractivity contribution in [2.75, 3.05) is 11.9 Å². The predicted molar refractivity (Wildman–Crippen MR) is 74.4 cm³/mol. The van der Waals surface area contributed by atoms with Gasteiger partial charge in [-0.15, -0.1) is 0 Å². The minimum Gasteiger partial charge on any atom is -0.433 e. The monoisotopic (exact) mass is 285 g/mol. The van der Waals surface area contributed by atoms with Crippen LogP contribution in [0.5, 0.6) is 5.75 Å². The van der Waals surface area contributed by atoms with Crippen LogP contribution in [0, 0.1) is 0 Å². The molecule has 20 heavy (non-hydrogen) atoms. The summed E-state index contributed by atoms with van der Waals surface area (Å²) < 4.78 is 35.1.